The molecule has 5 heteroatoms. The van der Waals surface area contributed by atoms with Crippen LogP contribution in [0.2, 0.25) is 0 Å². The summed E-state index contributed by atoms with van der Waals surface area (Å²) < 4.78 is 0. The summed E-state index contributed by atoms with van der Waals surface area (Å²) in [6.07, 6.45) is 7.55. The Hall–Kier alpha value is -2.24. The fourth-order valence-corrected chi connectivity index (χ4v) is 5.72. The van der Waals surface area contributed by atoms with Gasteiger partial charge in [0.2, 0.25) is 0 Å². The van der Waals surface area contributed by atoms with Gasteiger partial charge in [-0.2, -0.15) is 0 Å². The molecule has 0 bridgehead atoms. The smallest absolute Gasteiger partial charge is 0.0367 e. The van der Waals surface area contributed by atoms with Gasteiger partial charge in [0, 0.05) is 61.9 Å². The molecule has 3 aliphatic heterocycles. The highest BCUT2D eigenvalue weighted by molar-refractivity contribution is 5.53. The zero-order valence-electron chi connectivity index (χ0n) is 19.3. The number of hydrogen-bond acceptors (Lipinski definition) is 5. The Bertz CT molecular complexity index is 827. The maximum Gasteiger partial charge on any atom is 0.0367 e. The summed E-state index contributed by atoms with van der Waals surface area (Å²) in [5.74, 6) is 0.694. The molecule has 0 radical (unpaired) electrons. The van der Waals surface area contributed by atoms with E-state index in [1.165, 1.54) is 62.0 Å². The van der Waals surface area contributed by atoms with Crippen molar-refractivity contribution >= 4 is 17.1 Å². The first kappa shape index (κ1) is 21.6. The molecule has 0 spiro atoms. The van der Waals surface area contributed by atoms with Crippen LogP contribution in [-0.2, 0) is 0 Å². The number of nitrogens with zero attached hydrogens (tertiary/aromatic N) is 2. The van der Waals surface area contributed by atoms with Gasteiger partial charge in [-0.25, -0.2) is 0 Å². The largest absolute Gasteiger partial charge is 0.399 e. The third kappa shape index (κ3) is 5.21. The van der Waals surface area contributed by atoms with Crippen molar-refractivity contribution in [3.63, 3.8) is 0 Å². The molecule has 32 heavy (non-hydrogen) atoms. The van der Waals surface area contributed by atoms with E-state index >= 15 is 0 Å². The minimum atomic E-state index is 0.653. The number of benzene rings is 2. The minimum absolute atomic E-state index is 0.653. The maximum absolute atomic E-state index is 5.83. The predicted octanol–water partition coefficient (Wildman–Crippen LogP) is 3.96. The fourth-order valence-electron chi connectivity index (χ4n) is 5.72. The van der Waals surface area contributed by atoms with Crippen LogP contribution in [0.3, 0.4) is 0 Å². The van der Waals surface area contributed by atoms with Gasteiger partial charge in [-0.1, -0.05) is 12.1 Å². The Balaban J connectivity index is 1.06. The molecule has 2 aromatic carbocycles. The fraction of sp³-hybridized carbons (Fsp3) is 0.556. The summed E-state index contributed by atoms with van der Waals surface area (Å²) in [7, 11) is 0. The van der Waals surface area contributed by atoms with Gasteiger partial charge in [-0.15, -0.1) is 0 Å². The molecule has 172 valence electrons. The van der Waals surface area contributed by atoms with Crippen LogP contribution in [0, 0.1) is 0 Å². The molecule has 5 nitrogen and oxygen atoms in total. The third-order valence-electron chi connectivity index (χ3n) is 7.75. The lowest BCUT2D eigenvalue weighted by molar-refractivity contribution is 0.328. The van der Waals surface area contributed by atoms with E-state index in [-0.39, 0.29) is 0 Å². The van der Waals surface area contributed by atoms with Crippen molar-refractivity contribution in [2.75, 3.05) is 54.8 Å². The zero-order valence-corrected chi connectivity index (χ0v) is 19.3. The Morgan fingerprint density at radius 2 is 1.25 bits per heavy atom. The number of nitrogen functional groups attached to an aromatic ring is 1. The van der Waals surface area contributed by atoms with Crippen molar-refractivity contribution in [1.82, 2.24) is 10.6 Å². The predicted molar refractivity (Wildman–Crippen MR) is 136 cm³/mol. The Labute approximate surface area is 193 Å². The Kier molecular flexibility index (Phi) is 6.84. The van der Waals surface area contributed by atoms with Crippen LogP contribution < -0.4 is 26.2 Å². The lowest BCUT2D eigenvalue weighted by Crippen LogP contribution is -2.50. The van der Waals surface area contributed by atoms with Crippen LogP contribution >= 0.6 is 0 Å². The number of rotatable bonds is 5. The Morgan fingerprint density at radius 3 is 1.75 bits per heavy atom. The number of nitrogens with one attached hydrogen (secondary N) is 2. The van der Waals surface area contributed by atoms with Gasteiger partial charge in [-0.3, -0.25) is 0 Å². The van der Waals surface area contributed by atoms with E-state index in [1.54, 1.807) is 0 Å². The second-order valence-electron chi connectivity index (χ2n) is 9.92. The summed E-state index contributed by atoms with van der Waals surface area (Å²) in [5.41, 5.74) is 10.9. The lowest BCUT2D eigenvalue weighted by atomic mass is 9.91. The highest BCUT2D eigenvalue weighted by atomic mass is 15.2. The summed E-state index contributed by atoms with van der Waals surface area (Å²) in [4.78, 5) is 5.07. The van der Waals surface area contributed by atoms with Gasteiger partial charge >= 0.3 is 0 Å². The number of nitrogens with two attached hydrogens (primary N) is 1. The molecule has 4 N–H and O–H groups in total. The first-order chi connectivity index (χ1) is 15.7. The van der Waals surface area contributed by atoms with Gasteiger partial charge in [0.15, 0.2) is 0 Å². The Morgan fingerprint density at radius 1 is 0.719 bits per heavy atom. The normalized spacial score (nSPS) is 23.4. The molecule has 1 unspecified atom stereocenters. The van der Waals surface area contributed by atoms with Gasteiger partial charge < -0.3 is 26.2 Å². The van der Waals surface area contributed by atoms with Crippen LogP contribution in [0.5, 0.6) is 0 Å². The van der Waals surface area contributed by atoms with Crippen LogP contribution in [-0.4, -0.2) is 51.4 Å². The topological polar surface area (TPSA) is 56.6 Å². The molecular weight excluding hydrogens is 394 g/mol. The van der Waals surface area contributed by atoms with Gasteiger partial charge in [0.25, 0.3) is 0 Å². The van der Waals surface area contributed by atoms with E-state index in [1.807, 2.05) is 12.1 Å². The average Bonchev–Trinajstić information content (AvgIpc) is 2.86. The van der Waals surface area contributed by atoms with E-state index in [9.17, 15) is 0 Å². The summed E-state index contributed by atoms with van der Waals surface area (Å²) in [6, 6.07) is 19.1. The molecule has 1 atom stereocenters. The molecule has 3 aliphatic rings. The lowest BCUT2D eigenvalue weighted by Gasteiger charge is -2.39. The number of anilines is 3. The van der Waals surface area contributed by atoms with Crippen LogP contribution in [0.15, 0.2) is 48.5 Å². The van der Waals surface area contributed by atoms with Crippen molar-refractivity contribution in [3.8, 4) is 0 Å². The van der Waals surface area contributed by atoms with Crippen LogP contribution in [0.25, 0.3) is 0 Å². The van der Waals surface area contributed by atoms with Crippen molar-refractivity contribution < 1.29 is 0 Å². The number of hydrogen-bond donors (Lipinski definition) is 3. The highest BCUT2D eigenvalue weighted by Gasteiger charge is 2.25. The highest BCUT2D eigenvalue weighted by Crippen LogP contribution is 2.27. The van der Waals surface area contributed by atoms with E-state index in [0.717, 1.165) is 38.4 Å². The molecule has 3 saturated heterocycles. The van der Waals surface area contributed by atoms with E-state index in [0.29, 0.717) is 18.0 Å². The molecule has 0 amide bonds. The monoisotopic (exact) mass is 433 g/mol. The van der Waals surface area contributed by atoms with Crippen molar-refractivity contribution in [2.24, 2.45) is 0 Å². The second kappa shape index (κ2) is 10.1. The van der Waals surface area contributed by atoms with Crippen molar-refractivity contribution in [1.29, 1.82) is 0 Å². The van der Waals surface area contributed by atoms with Crippen molar-refractivity contribution in [2.45, 2.75) is 56.5 Å². The van der Waals surface area contributed by atoms with Crippen molar-refractivity contribution in [3.05, 3.63) is 54.1 Å². The summed E-state index contributed by atoms with van der Waals surface area (Å²) >= 11 is 0. The molecule has 3 heterocycles. The molecular formula is C27H39N5. The first-order valence-corrected chi connectivity index (χ1v) is 12.7. The molecule has 0 aliphatic carbocycles. The van der Waals surface area contributed by atoms with E-state index in [2.05, 4.69) is 56.8 Å². The van der Waals surface area contributed by atoms with Gasteiger partial charge in [-0.05, 0) is 92.9 Å². The van der Waals surface area contributed by atoms with Crippen LogP contribution in [0.1, 0.15) is 50.0 Å². The van der Waals surface area contributed by atoms with Crippen LogP contribution in [0.4, 0.5) is 17.1 Å². The summed E-state index contributed by atoms with van der Waals surface area (Å²) in [5, 5.41) is 7.52. The van der Waals surface area contributed by atoms with E-state index in [4.69, 9.17) is 5.73 Å². The summed E-state index contributed by atoms with van der Waals surface area (Å²) in [6.45, 7) is 6.89. The number of piperidine rings is 3. The first-order valence-electron chi connectivity index (χ1n) is 12.7. The van der Waals surface area contributed by atoms with Gasteiger partial charge in [0.05, 0.1) is 0 Å². The molecule has 0 aromatic heterocycles. The maximum atomic E-state index is 5.83. The third-order valence-corrected chi connectivity index (χ3v) is 7.75. The quantitative estimate of drug-likeness (QED) is 0.623. The SMILES string of the molecule is Nc1ccc(N2CCC(NC3CCN(c4ccc(C5CCCNC5)cc4)CC3)CC2)cc1. The van der Waals surface area contributed by atoms with E-state index < -0.39 is 0 Å². The molecule has 3 fully saturated rings. The minimum Gasteiger partial charge on any atom is -0.399 e. The average molecular weight is 434 g/mol. The molecule has 2 aromatic rings. The standard InChI is InChI=1S/C27H39N5/c28-23-5-9-27(10-6-23)32-18-13-25(14-19-32)30-24-11-16-31(17-12-24)26-7-3-21(4-8-26)22-2-1-15-29-20-22/h3-10,22,24-25,29-30H,1-2,11-20,28H2. The second-order valence-corrected chi connectivity index (χ2v) is 9.92. The van der Waals surface area contributed by atoms with Gasteiger partial charge in [0.1, 0.15) is 0 Å². The zero-order chi connectivity index (χ0) is 21.8. The molecule has 5 rings (SSSR count). The molecule has 0 saturated carbocycles.